The molecule has 102 valence electrons. The van der Waals surface area contributed by atoms with Gasteiger partial charge in [0.25, 0.3) is 0 Å². The molecule has 1 aromatic carbocycles. The van der Waals surface area contributed by atoms with Gasteiger partial charge in [0, 0.05) is 16.9 Å². The molecule has 2 nitrogen and oxygen atoms in total. The van der Waals surface area contributed by atoms with Crippen LogP contribution in [-0.4, -0.2) is 29.2 Å². The summed E-state index contributed by atoms with van der Waals surface area (Å²) < 4.78 is 0. The van der Waals surface area contributed by atoms with E-state index in [1.807, 2.05) is 18.2 Å². The fourth-order valence-corrected chi connectivity index (χ4v) is 3.42. The van der Waals surface area contributed by atoms with Crippen molar-refractivity contribution < 1.29 is 10.2 Å². The minimum Gasteiger partial charge on any atom is -0.396 e. The molecule has 0 aliphatic carbocycles. The third kappa shape index (κ3) is 5.01. The van der Waals surface area contributed by atoms with Crippen LogP contribution >= 0.6 is 11.8 Å². The highest BCUT2D eigenvalue weighted by Crippen LogP contribution is 2.31. The second-order valence-electron chi connectivity index (χ2n) is 5.39. The van der Waals surface area contributed by atoms with Crippen molar-refractivity contribution in [2.45, 2.75) is 26.0 Å². The van der Waals surface area contributed by atoms with Gasteiger partial charge in [0.15, 0.2) is 0 Å². The van der Waals surface area contributed by atoms with E-state index in [2.05, 4.69) is 26.0 Å². The molecule has 0 atom stereocenters. The Morgan fingerprint density at radius 2 is 1.72 bits per heavy atom. The highest BCUT2D eigenvalue weighted by atomic mass is 32.2. The van der Waals surface area contributed by atoms with Crippen LogP contribution < -0.4 is 0 Å². The average molecular weight is 268 g/mol. The molecule has 0 bridgehead atoms. The van der Waals surface area contributed by atoms with Gasteiger partial charge >= 0.3 is 0 Å². The smallest absolute Gasteiger partial charge is 0.0517 e. The Balaban J connectivity index is 2.47. The first-order valence-electron chi connectivity index (χ1n) is 6.45. The third-order valence-electron chi connectivity index (χ3n) is 3.03. The molecule has 0 saturated heterocycles. The van der Waals surface area contributed by atoms with Crippen LogP contribution in [0.5, 0.6) is 0 Å². The van der Waals surface area contributed by atoms with Crippen molar-refractivity contribution in [3.05, 3.63) is 35.9 Å². The Bertz CT molecular complexity index is 321. The van der Waals surface area contributed by atoms with Crippen molar-refractivity contribution in [3.8, 4) is 0 Å². The van der Waals surface area contributed by atoms with E-state index in [0.717, 1.165) is 17.9 Å². The predicted octanol–water partition coefficient (Wildman–Crippen LogP) is 2.94. The van der Waals surface area contributed by atoms with Gasteiger partial charge in [-0.15, -0.1) is 0 Å². The van der Waals surface area contributed by atoms with E-state index in [1.54, 1.807) is 11.8 Å². The minimum absolute atomic E-state index is 0.0590. The van der Waals surface area contributed by atoms with Gasteiger partial charge in [-0.1, -0.05) is 44.2 Å². The van der Waals surface area contributed by atoms with Crippen LogP contribution in [0.4, 0.5) is 0 Å². The second kappa shape index (κ2) is 7.82. The lowest BCUT2D eigenvalue weighted by atomic mass is 9.83. The van der Waals surface area contributed by atoms with E-state index < -0.39 is 0 Å². The lowest BCUT2D eigenvalue weighted by molar-refractivity contribution is 0.0564. The average Bonchev–Trinajstić information content (AvgIpc) is 2.38. The second-order valence-corrected chi connectivity index (χ2v) is 6.38. The van der Waals surface area contributed by atoms with Crippen LogP contribution in [0.1, 0.15) is 25.8 Å². The van der Waals surface area contributed by atoms with Crippen molar-refractivity contribution in [2.75, 3.05) is 19.0 Å². The third-order valence-corrected chi connectivity index (χ3v) is 4.39. The number of aliphatic hydroxyl groups excluding tert-OH is 2. The number of rotatable bonds is 8. The van der Waals surface area contributed by atoms with Gasteiger partial charge in [0.1, 0.15) is 0 Å². The number of aliphatic hydroxyl groups is 2. The Morgan fingerprint density at radius 1 is 1.11 bits per heavy atom. The lowest BCUT2D eigenvalue weighted by Crippen LogP contribution is -2.34. The molecule has 0 radical (unpaired) electrons. The molecule has 0 aliphatic heterocycles. The molecule has 0 amide bonds. The molecular formula is C15H24O2S. The fourth-order valence-electron chi connectivity index (χ4n) is 2.15. The van der Waals surface area contributed by atoms with E-state index in [4.69, 9.17) is 0 Å². The molecule has 0 spiro atoms. The molecule has 0 heterocycles. The van der Waals surface area contributed by atoms with Crippen molar-refractivity contribution >= 4 is 11.8 Å². The summed E-state index contributed by atoms with van der Waals surface area (Å²) in [7, 11) is 0. The molecular weight excluding hydrogens is 244 g/mol. The zero-order valence-corrected chi connectivity index (χ0v) is 12.1. The number of thioether (sulfide) groups is 1. The highest BCUT2D eigenvalue weighted by Gasteiger charge is 2.29. The normalized spacial score (nSPS) is 12.1. The van der Waals surface area contributed by atoms with E-state index >= 15 is 0 Å². The maximum Gasteiger partial charge on any atom is 0.0517 e. The predicted molar refractivity (Wildman–Crippen MR) is 78.7 cm³/mol. The van der Waals surface area contributed by atoms with E-state index in [0.29, 0.717) is 5.92 Å². The van der Waals surface area contributed by atoms with Crippen molar-refractivity contribution in [1.29, 1.82) is 0 Å². The molecule has 0 unspecified atom stereocenters. The maximum atomic E-state index is 9.55. The summed E-state index contributed by atoms with van der Waals surface area (Å²) >= 11 is 1.78. The summed E-state index contributed by atoms with van der Waals surface area (Å²) in [6.07, 6.45) is 0.863. The Hall–Kier alpha value is -0.510. The lowest BCUT2D eigenvalue weighted by Gasteiger charge is -2.31. The van der Waals surface area contributed by atoms with Gasteiger partial charge in [0.2, 0.25) is 0 Å². The van der Waals surface area contributed by atoms with E-state index in [9.17, 15) is 10.2 Å². The fraction of sp³-hybridized carbons (Fsp3) is 0.600. The molecule has 1 rings (SSSR count). The van der Waals surface area contributed by atoms with Gasteiger partial charge in [-0.3, -0.25) is 0 Å². The quantitative estimate of drug-likeness (QED) is 0.761. The summed E-state index contributed by atoms with van der Waals surface area (Å²) in [5, 5.41) is 19.1. The molecule has 3 heteroatoms. The Morgan fingerprint density at radius 3 is 2.22 bits per heavy atom. The van der Waals surface area contributed by atoms with Gasteiger partial charge in [-0.05, 0) is 17.9 Å². The van der Waals surface area contributed by atoms with Crippen LogP contribution in [0, 0.1) is 11.3 Å². The first-order valence-corrected chi connectivity index (χ1v) is 7.61. The summed E-state index contributed by atoms with van der Waals surface area (Å²) in [5.41, 5.74) is 0.949. The van der Waals surface area contributed by atoms with E-state index in [-0.39, 0.29) is 18.6 Å². The van der Waals surface area contributed by atoms with E-state index in [1.165, 1.54) is 5.56 Å². The summed E-state index contributed by atoms with van der Waals surface area (Å²) in [6, 6.07) is 10.3. The summed E-state index contributed by atoms with van der Waals surface area (Å²) in [6.45, 7) is 4.37. The van der Waals surface area contributed by atoms with Gasteiger partial charge < -0.3 is 10.2 Å². The molecule has 2 N–H and O–H groups in total. The summed E-state index contributed by atoms with van der Waals surface area (Å²) in [4.78, 5) is 0. The Labute approximate surface area is 114 Å². The zero-order chi connectivity index (χ0) is 13.4. The number of benzene rings is 1. The minimum atomic E-state index is -0.340. The van der Waals surface area contributed by atoms with Crippen molar-refractivity contribution in [2.24, 2.45) is 11.3 Å². The molecule has 0 fully saturated rings. The van der Waals surface area contributed by atoms with Gasteiger partial charge in [0.05, 0.1) is 13.2 Å². The van der Waals surface area contributed by atoms with Crippen LogP contribution in [0.2, 0.25) is 0 Å². The van der Waals surface area contributed by atoms with Crippen LogP contribution in [0.15, 0.2) is 30.3 Å². The van der Waals surface area contributed by atoms with Crippen LogP contribution in [-0.2, 0) is 5.75 Å². The van der Waals surface area contributed by atoms with Crippen LogP contribution in [0.3, 0.4) is 0 Å². The zero-order valence-electron chi connectivity index (χ0n) is 11.3. The molecule has 0 saturated carbocycles. The summed E-state index contributed by atoms with van der Waals surface area (Å²) in [5.74, 6) is 2.22. The largest absolute Gasteiger partial charge is 0.396 e. The van der Waals surface area contributed by atoms with Crippen molar-refractivity contribution in [3.63, 3.8) is 0 Å². The van der Waals surface area contributed by atoms with Crippen LogP contribution in [0.25, 0.3) is 0 Å². The molecule has 1 aromatic rings. The SMILES string of the molecule is CC(C)CC(CO)(CO)CSCc1ccccc1. The number of hydrogen-bond acceptors (Lipinski definition) is 3. The van der Waals surface area contributed by atoms with Crippen molar-refractivity contribution in [1.82, 2.24) is 0 Å². The van der Waals surface area contributed by atoms with Gasteiger partial charge in [-0.2, -0.15) is 11.8 Å². The monoisotopic (exact) mass is 268 g/mol. The standard InChI is InChI=1S/C15H24O2S/c1-13(2)8-15(10-16,11-17)12-18-9-14-6-4-3-5-7-14/h3-7,13,16-17H,8-12H2,1-2H3. The first kappa shape index (κ1) is 15.5. The van der Waals surface area contributed by atoms with Gasteiger partial charge in [-0.25, -0.2) is 0 Å². The first-order chi connectivity index (χ1) is 8.62. The number of hydrogen-bond donors (Lipinski definition) is 2. The topological polar surface area (TPSA) is 40.5 Å². The molecule has 18 heavy (non-hydrogen) atoms. The highest BCUT2D eigenvalue weighted by molar-refractivity contribution is 7.98. The Kier molecular flexibility index (Phi) is 6.76. The molecule has 0 aliphatic rings. The maximum absolute atomic E-state index is 9.55. The molecule has 0 aromatic heterocycles.